The molecule has 1 aliphatic heterocycles. The van der Waals surface area contributed by atoms with Gasteiger partial charge in [-0.3, -0.25) is 4.79 Å². The van der Waals surface area contributed by atoms with Gasteiger partial charge in [-0.05, 0) is 37.6 Å². The van der Waals surface area contributed by atoms with Gasteiger partial charge in [-0.2, -0.15) is 0 Å². The lowest BCUT2D eigenvalue weighted by molar-refractivity contribution is -0.123. The molecule has 1 atom stereocenters. The van der Waals surface area contributed by atoms with E-state index in [2.05, 4.69) is 10.6 Å². The van der Waals surface area contributed by atoms with Gasteiger partial charge in [0.25, 0.3) is 0 Å². The lowest BCUT2D eigenvalue weighted by Crippen LogP contribution is -2.35. The third-order valence-corrected chi connectivity index (χ3v) is 3.28. The Balaban J connectivity index is 2.07. The maximum atomic E-state index is 12.1. The summed E-state index contributed by atoms with van der Waals surface area (Å²) >= 11 is 0. The Kier molecular flexibility index (Phi) is 3.45. The zero-order valence-corrected chi connectivity index (χ0v) is 9.99. The van der Waals surface area contributed by atoms with Crippen LogP contribution in [0, 0.1) is 5.41 Å². The van der Waals surface area contributed by atoms with Crippen LogP contribution in [0.3, 0.4) is 0 Å². The van der Waals surface area contributed by atoms with Gasteiger partial charge in [0.1, 0.15) is 0 Å². The average molecular weight is 234 g/mol. The van der Waals surface area contributed by atoms with E-state index in [0.717, 1.165) is 30.8 Å². The lowest BCUT2D eigenvalue weighted by Gasteiger charge is -2.21. The van der Waals surface area contributed by atoms with E-state index in [0.29, 0.717) is 0 Å². The Hall–Kier alpha value is -1.39. The quantitative estimate of drug-likeness (QED) is 0.734. The predicted molar refractivity (Wildman–Crippen MR) is 66.6 cm³/mol. The molecule has 1 aliphatic rings. The molecule has 4 heteroatoms. The van der Waals surface area contributed by atoms with Gasteiger partial charge in [0.2, 0.25) is 5.91 Å². The molecule has 92 valence electrons. The Morgan fingerprint density at radius 1 is 1.59 bits per heavy atom. The fourth-order valence-electron chi connectivity index (χ4n) is 2.04. The van der Waals surface area contributed by atoms with Gasteiger partial charge in [0.15, 0.2) is 0 Å². The molecule has 1 unspecified atom stereocenters. The van der Waals surface area contributed by atoms with Gasteiger partial charge in [0, 0.05) is 12.2 Å². The van der Waals surface area contributed by atoms with Crippen molar-refractivity contribution < 1.29 is 9.90 Å². The molecule has 1 fully saturated rings. The van der Waals surface area contributed by atoms with Gasteiger partial charge in [-0.15, -0.1) is 0 Å². The van der Waals surface area contributed by atoms with Crippen molar-refractivity contribution in [2.24, 2.45) is 5.41 Å². The highest BCUT2D eigenvalue weighted by Gasteiger charge is 2.36. The molecule has 1 saturated heterocycles. The third-order valence-electron chi connectivity index (χ3n) is 3.28. The van der Waals surface area contributed by atoms with E-state index in [-0.39, 0.29) is 17.9 Å². The summed E-state index contributed by atoms with van der Waals surface area (Å²) in [4.78, 5) is 12.1. The van der Waals surface area contributed by atoms with Crippen molar-refractivity contribution in [2.45, 2.75) is 20.0 Å². The summed E-state index contributed by atoms with van der Waals surface area (Å²) in [5, 5.41) is 15.1. The number of anilines is 1. The van der Waals surface area contributed by atoms with Crippen LogP contribution >= 0.6 is 0 Å². The summed E-state index contributed by atoms with van der Waals surface area (Å²) in [5.41, 5.74) is 1.22. The number of aliphatic hydroxyl groups is 1. The van der Waals surface area contributed by atoms with Crippen molar-refractivity contribution in [2.75, 3.05) is 18.4 Å². The fraction of sp³-hybridized carbons (Fsp3) is 0.462. The molecular formula is C13H18N2O2. The van der Waals surface area contributed by atoms with Crippen LogP contribution in [0.1, 0.15) is 18.9 Å². The Labute approximate surface area is 101 Å². The highest BCUT2D eigenvalue weighted by Crippen LogP contribution is 2.26. The van der Waals surface area contributed by atoms with Gasteiger partial charge in [-0.25, -0.2) is 0 Å². The number of nitrogens with one attached hydrogen (secondary N) is 2. The Morgan fingerprint density at radius 3 is 3.06 bits per heavy atom. The number of hydrogen-bond donors (Lipinski definition) is 3. The molecule has 0 aliphatic carbocycles. The maximum Gasteiger partial charge on any atom is 0.231 e. The second-order valence-corrected chi connectivity index (χ2v) is 4.80. The molecule has 1 aromatic rings. The van der Waals surface area contributed by atoms with Crippen LogP contribution in [0.4, 0.5) is 5.69 Å². The molecule has 1 heterocycles. The fourth-order valence-corrected chi connectivity index (χ4v) is 2.04. The van der Waals surface area contributed by atoms with Crippen molar-refractivity contribution in [1.82, 2.24) is 5.32 Å². The first-order valence-corrected chi connectivity index (χ1v) is 5.86. The molecule has 3 N–H and O–H groups in total. The topological polar surface area (TPSA) is 61.4 Å². The van der Waals surface area contributed by atoms with Gasteiger partial charge >= 0.3 is 0 Å². The van der Waals surface area contributed by atoms with E-state index in [9.17, 15) is 4.79 Å². The molecule has 4 nitrogen and oxygen atoms in total. The predicted octanol–water partition coefficient (Wildman–Crippen LogP) is 1.12. The zero-order chi connectivity index (χ0) is 12.3. The molecular weight excluding hydrogens is 216 g/mol. The van der Waals surface area contributed by atoms with Gasteiger partial charge < -0.3 is 15.7 Å². The van der Waals surface area contributed by atoms with Crippen molar-refractivity contribution in [3.8, 4) is 0 Å². The van der Waals surface area contributed by atoms with Crippen LogP contribution in [0.15, 0.2) is 24.3 Å². The number of carbonyl (C=O) groups excluding carboxylic acids is 1. The molecule has 1 amide bonds. The first-order valence-electron chi connectivity index (χ1n) is 5.86. The first-order chi connectivity index (χ1) is 8.14. The normalized spacial score (nSPS) is 23.6. The van der Waals surface area contributed by atoms with Crippen molar-refractivity contribution in [3.63, 3.8) is 0 Å². The Bertz CT molecular complexity index is 412. The molecule has 0 spiro atoms. The SMILES string of the molecule is CC1(C(=O)Nc2cccc(CO)c2)CCNC1. The summed E-state index contributed by atoms with van der Waals surface area (Å²) in [5.74, 6) is 0.0394. The number of benzene rings is 1. The second kappa shape index (κ2) is 4.85. The molecule has 0 radical (unpaired) electrons. The van der Waals surface area contributed by atoms with Crippen LogP contribution in [-0.4, -0.2) is 24.1 Å². The van der Waals surface area contributed by atoms with Crippen molar-refractivity contribution in [1.29, 1.82) is 0 Å². The number of carbonyl (C=O) groups is 1. The first kappa shape index (κ1) is 12.1. The van der Waals surface area contributed by atoms with Crippen LogP contribution in [0.2, 0.25) is 0 Å². The molecule has 17 heavy (non-hydrogen) atoms. The third kappa shape index (κ3) is 2.65. The largest absolute Gasteiger partial charge is 0.392 e. The molecule has 0 aromatic heterocycles. The number of amides is 1. The zero-order valence-electron chi connectivity index (χ0n) is 9.99. The summed E-state index contributed by atoms with van der Waals surface area (Å²) in [6.45, 7) is 3.57. The minimum atomic E-state index is -0.324. The van der Waals surface area contributed by atoms with E-state index in [4.69, 9.17) is 5.11 Å². The van der Waals surface area contributed by atoms with Crippen molar-refractivity contribution in [3.05, 3.63) is 29.8 Å². The van der Waals surface area contributed by atoms with Gasteiger partial charge in [0.05, 0.1) is 12.0 Å². The van der Waals surface area contributed by atoms with Crippen molar-refractivity contribution >= 4 is 11.6 Å². The summed E-state index contributed by atoms with van der Waals surface area (Å²) < 4.78 is 0. The molecule has 2 rings (SSSR count). The monoisotopic (exact) mass is 234 g/mol. The van der Waals surface area contributed by atoms with E-state index in [1.807, 2.05) is 25.1 Å². The minimum Gasteiger partial charge on any atom is -0.392 e. The smallest absolute Gasteiger partial charge is 0.231 e. The number of hydrogen-bond acceptors (Lipinski definition) is 3. The van der Waals surface area contributed by atoms with Crippen LogP contribution in [0.5, 0.6) is 0 Å². The molecule has 1 aromatic carbocycles. The molecule has 0 saturated carbocycles. The summed E-state index contributed by atoms with van der Waals surface area (Å²) in [6, 6.07) is 7.29. The van der Waals surface area contributed by atoms with Crippen LogP contribution in [-0.2, 0) is 11.4 Å². The van der Waals surface area contributed by atoms with E-state index < -0.39 is 0 Å². The van der Waals surface area contributed by atoms with Gasteiger partial charge in [-0.1, -0.05) is 12.1 Å². The summed E-state index contributed by atoms with van der Waals surface area (Å²) in [6.07, 6.45) is 0.860. The van der Waals surface area contributed by atoms with Crippen LogP contribution in [0.25, 0.3) is 0 Å². The maximum absolute atomic E-state index is 12.1. The Morgan fingerprint density at radius 2 is 2.41 bits per heavy atom. The minimum absolute atomic E-state index is 0.0114. The van der Waals surface area contributed by atoms with Crippen LogP contribution < -0.4 is 10.6 Å². The molecule has 0 bridgehead atoms. The van der Waals surface area contributed by atoms with E-state index in [1.165, 1.54) is 0 Å². The highest BCUT2D eigenvalue weighted by molar-refractivity contribution is 5.95. The second-order valence-electron chi connectivity index (χ2n) is 4.80. The number of aliphatic hydroxyl groups excluding tert-OH is 1. The number of rotatable bonds is 3. The van der Waals surface area contributed by atoms with E-state index >= 15 is 0 Å². The standard InChI is InChI=1S/C13H18N2O2/c1-13(5-6-14-9-13)12(17)15-11-4-2-3-10(7-11)8-16/h2-4,7,14,16H,5-6,8-9H2,1H3,(H,15,17). The average Bonchev–Trinajstić information content (AvgIpc) is 2.78. The van der Waals surface area contributed by atoms with E-state index in [1.54, 1.807) is 6.07 Å². The lowest BCUT2D eigenvalue weighted by atomic mass is 9.88. The highest BCUT2D eigenvalue weighted by atomic mass is 16.3. The summed E-state index contributed by atoms with van der Waals surface area (Å²) in [7, 11) is 0.